The SMILES string of the molecule is C=CC[C@@H](c1cc(-c2c([N+](=O)[O-])cnn2CCO[Si](C)(C)C(C)(C)C)ccn1)N(C(=O)O)C(C)(C)C. The third kappa shape index (κ3) is 6.58. The summed E-state index contributed by atoms with van der Waals surface area (Å²) in [6.07, 6.45) is 3.67. The maximum absolute atomic E-state index is 12.2. The summed E-state index contributed by atoms with van der Waals surface area (Å²) < 4.78 is 7.84. The van der Waals surface area contributed by atoms with Crippen molar-refractivity contribution >= 4 is 20.1 Å². The van der Waals surface area contributed by atoms with E-state index < -0.39 is 30.9 Å². The zero-order chi connectivity index (χ0) is 27.5. The Hall–Kier alpha value is -3.05. The second-order valence-corrected chi connectivity index (χ2v) is 16.1. The molecule has 2 heterocycles. The molecule has 2 rings (SSSR count). The molecule has 0 fully saturated rings. The summed E-state index contributed by atoms with van der Waals surface area (Å²) in [4.78, 5) is 29.3. The predicted molar refractivity (Wildman–Crippen MR) is 142 cm³/mol. The monoisotopic (exact) mass is 517 g/mol. The molecular weight excluding hydrogens is 478 g/mol. The number of carbonyl (C=O) groups is 1. The van der Waals surface area contributed by atoms with E-state index in [0.717, 1.165) is 0 Å². The van der Waals surface area contributed by atoms with Crippen molar-refractivity contribution in [2.45, 2.75) is 84.2 Å². The topological polar surface area (TPSA) is 124 Å². The van der Waals surface area contributed by atoms with Crippen LogP contribution in [0.25, 0.3) is 11.3 Å². The van der Waals surface area contributed by atoms with E-state index >= 15 is 0 Å². The van der Waals surface area contributed by atoms with Gasteiger partial charge in [0.2, 0.25) is 0 Å². The van der Waals surface area contributed by atoms with Crippen LogP contribution in [0.4, 0.5) is 10.5 Å². The molecule has 0 saturated heterocycles. The van der Waals surface area contributed by atoms with E-state index in [1.54, 1.807) is 22.9 Å². The number of hydrogen-bond donors (Lipinski definition) is 1. The van der Waals surface area contributed by atoms with E-state index in [1.165, 1.54) is 17.3 Å². The molecule has 2 aromatic rings. The van der Waals surface area contributed by atoms with E-state index in [2.05, 4.69) is 50.5 Å². The molecule has 2 aromatic heterocycles. The lowest BCUT2D eigenvalue weighted by molar-refractivity contribution is -0.384. The molecule has 0 aliphatic rings. The van der Waals surface area contributed by atoms with Gasteiger partial charge in [0, 0.05) is 17.3 Å². The van der Waals surface area contributed by atoms with Crippen molar-refractivity contribution in [2.24, 2.45) is 0 Å². The Morgan fingerprint density at radius 3 is 2.47 bits per heavy atom. The molecule has 10 nitrogen and oxygen atoms in total. The number of carboxylic acid groups (broad SMARTS) is 1. The molecule has 198 valence electrons. The first-order valence-electron chi connectivity index (χ1n) is 11.9. The largest absolute Gasteiger partial charge is 0.465 e. The Bertz CT molecular complexity index is 1100. The first kappa shape index (κ1) is 29.2. The summed E-state index contributed by atoms with van der Waals surface area (Å²) in [6, 6.07) is 2.76. The van der Waals surface area contributed by atoms with Gasteiger partial charge in [0.15, 0.2) is 8.32 Å². The lowest BCUT2D eigenvalue weighted by Crippen LogP contribution is -2.47. The summed E-state index contributed by atoms with van der Waals surface area (Å²) in [5.74, 6) is 0. The molecule has 0 unspecified atom stereocenters. The van der Waals surface area contributed by atoms with Crippen LogP contribution in [0.3, 0.4) is 0 Å². The lowest BCUT2D eigenvalue weighted by Gasteiger charge is -2.39. The highest BCUT2D eigenvalue weighted by atomic mass is 28.4. The smallest absolute Gasteiger partial charge is 0.408 e. The van der Waals surface area contributed by atoms with Crippen molar-refractivity contribution in [1.29, 1.82) is 0 Å². The minimum Gasteiger partial charge on any atom is -0.465 e. The molecular formula is C25H39N5O5Si. The number of aromatic nitrogens is 3. The number of amides is 1. The van der Waals surface area contributed by atoms with E-state index in [4.69, 9.17) is 4.43 Å². The van der Waals surface area contributed by atoms with E-state index in [-0.39, 0.29) is 10.7 Å². The van der Waals surface area contributed by atoms with Crippen LogP contribution in [0.5, 0.6) is 0 Å². The van der Waals surface area contributed by atoms with Gasteiger partial charge in [-0.15, -0.1) is 6.58 Å². The third-order valence-electron chi connectivity index (χ3n) is 6.62. The third-order valence-corrected chi connectivity index (χ3v) is 11.2. The second-order valence-electron chi connectivity index (χ2n) is 11.3. The van der Waals surface area contributed by atoms with Crippen LogP contribution < -0.4 is 0 Å². The molecule has 0 aromatic carbocycles. The van der Waals surface area contributed by atoms with Gasteiger partial charge in [-0.1, -0.05) is 26.8 Å². The van der Waals surface area contributed by atoms with Gasteiger partial charge in [-0.2, -0.15) is 5.10 Å². The Labute approximate surface area is 214 Å². The minimum atomic E-state index is -2.00. The van der Waals surface area contributed by atoms with Crippen LogP contribution in [0.1, 0.15) is 59.7 Å². The van der Waals surface area contributed by atoms with E-state index in [9.17, 15) is 20.0 Å². The first-order valence-corrected chi connectivity index (χ1v) is 14.9. The maximum Gasteiger partial charge on any atom is 0.408 e. The first-order chi connectivity index (χ1) is 16.5. The van der Waals surface area contributed by atoms with Gasteiger partial charge in [-0.25, -0.2) is 4.79 Å². The Morgan fingerprint density at radius 2 is 1.97 bits per heavy atom. The van der Waals surface area contributed by atoms with Crippen LogP contribution in [-0.4, -0.2) is 56.3 Å². The zero-order valence-electron chi connectivity index (χ0n) is 22.6. The standard InChI is InChI=1S/C25H39N5O5Si/c1-10-11-20(29(23(31)32)24(2,3)4)19-16-18(12-13-26-19)22-21(30(33)34)17-27-28(22)14-15-35-36(8,9)25(5,6)7/h10,12-13,16-17,20H,1,11,14-15H2,2-9H3,(H,31,32)/t20-/m0/s1. The highest BCUT2D eigenvalue weighted by Crippen LogP contribution is 2.37. The molecule has 0 bridgehead atoms. The van der Waals surface area contributed by atoms with Crippen LogP contribution in [0.15, 0.2) is 37.2 Å². The molecule has 1 atom stereocenters. The average Bonchev–Trinajstić information content (AvgIpc) is 3.15. The molecule has 0 aliphatic carbocycles. The summed E-state index contributed by atoms with van der Waals surface area (Å²) in [6.45, 7) is 20.7. The fourth-order valence-corrected chi connectivity index (χ4v) is 4.80. The Morgan fingerprint density at radius 1 is 1.33 bits per heavy atom. The van der Waals surface area contributed by atoms with Crippen molar-refractivity contribution in [1.82, 2.24) is 19.7 Å². The molecule has 36 heavy (non-hydrogen) atoms. The zero-order valence-corrected chi connectivity index (χ0v) is 23.6. The van der Waals surface area contributed by atoms with Gasteiger partial charge in [0.25, 0.3) is 0 Å². The van der Waals surface area contributed by atoms with Crippen LogP contribution in [-0.2, 0) is 11.0 Å². The highest BCUT2D eigenvalue weighted by Gasteiger charge is 2.37. The van der Waals surface area contributed by atoms with Crippen molar-refractivity contribution < 1.29 is 19.3 Å². The number of hydrogen-bond acceptors (Lipinski definition) is 6. The normalized spacial score (nSPS) is 13.3. The Balaban J connectivity index is 2.51. The van der Waals surface area contributed by atoms with Gasteiger partial charge in [0.05, 0.1) is 29.8 Å². The Kier molecular flexibility index (Phi) is 8.85. The number of rotatable bonds is 10. The number of pyridine rings is 1. The summed E-state index contributed by atoms with van der Waals surface area (Å²) in [5.41, 5.74) is 0.503. The van der Waals surface area contributed by atoms with Crippen LogP contribution in [0, 0.1) is 10.1 Å². The predicted octanol–water partition coefficient (Wildman–Crippen LogP) is 6.27. The van der Waals surface area contributed by atoms with Crippen molar-refractivity contribution in [2.75, 3.05) is 6.61 Å². The van der Waals surface area contributed by atoms with E-state index in [0.29, 0.717) is 36.5 Å². The van der Waals surface area contributed by atoms with Gasteiger partial charge in [-0.05, 0) is 57.5 Å². The number of nitro groups is 1. The summed E-state index contributed by atoms with van der Waals surface area (Å²) in [7, 11) is -2.00. The molecule has 1 amide bonds. The van der Waals surface area contributed by atoms with E-state index in [1.807, 2.05) is 20.8 Å². The second kappa shape index (κ2) is 10.9. The lowest BCUT2D eigenvalue weighted by atomic mass is 9.98. The molecule has 0 aliphatic heterocycles. The molecule has 0 radical (unpaired) electrons. The molecule has 1 N–H and O–H groups in total. The maximum atomic E-state index is 12.2. The van der Waals surface area contributed by atoms with Crippen molar-refractivity contribution in [3.8, 4) is 11.3 Å². The van der Waals surface area contributed by atoms with Gasteiger partial charge in [0.1, 0.15) is 11.9 Å². The highest BCUT2D eigenvalue weighted by molar-refractivity contribution is 6.74. The minimum absolute atomic E-state index is 0.0369. The van der Waals surface area contributed by atoms with Gasteiger partial charge < -0.3 is 9.53 Å². The summed E-state index contributed by atoms with van der Waals surface area (Å²) in [5, 5.41) is 26.1. The van der Waals surface area contributed by atoms with Gasteiger partial charge in [-0.3, -0.25) is 24.7 Å². The van der Waals surface area contributed by atoms with Crippen molar-refractivity contribution in [3.05, 3.63) is 53.0 Å². The summed E-state index contributed by atoms with van der Waals surface area (Å²) >= 11 is 0. The average molecular weight is 518 g/mol. The molecule has 0 spiro atoms. The van der Waals surface area contributed by atoms with Crippen LogP contribution >= 0.6 is 0 Å². The van der Waals surface area contributed by atoms with Crippen LogP contribution in [0.2, 0.25) is 18.1 Å². The molecule has 11 heteroatoms. The quantitative estimate of drug-likeness (QED) is 0.170. The fraction of sp³-hybridized carbons (Fsp3) is 0.560. The van der Waals surface area contributed by atoms with Crippen molar-refractivity contribution in [3.63, 3.8) is 0 Å². The molecule has 0 saturated carbocycles. The van der Waals surface area contributed by atoms with Gasteiger partial charge >= 0.3 is 11.8 Å². The number of nitrogens with zero attached hydrogens (tertiary/aromatic N) is 5. The fourth-order valence-electron chi connectivity index (χ4n) is 3.76.